The Morgan fingerprint density at radius 1 is 1.37 bits per heavy atom. The Hall–Kier alpha value is -0.0100. The average Bonchev–Trinajstić information content (AvgIpc) is 2.73. The first-order valence-electron chi connectivity index (χ1n) is 6.24. The molecule has 0 aliphatic carbocycles. The second-order valence-corrected chi connectivity index (χ2v) is 6.43. The Morgan fingerprint density at radius 2 is 2.05 bits per heavy atom. The standard InChI is InChI=1S/C13H22ClN3S.HI/c1-9(2)10(3)17-13(15-4)16-8-7-11-5-6-12(14)18-11;/h5-6,9-10H,7-8H2,1-4H3,(H2,15,16,17);1H. The number of hydrogen-bond acceptors (Lipinski definition) is 2. The van der Waals surface area contributed by atoms with E-state index in [-0.39, 0.29) is 24.0 Å². The topological polar surface area (TPSA) is 36.4 Å². The Balaban J connectivity index is 0.00000324. The van der Waals surface area contributed by atoms with Crippen LogP contribution in [0.3, 0.4) is 0 Å². The number of hydrogen-bond donors (Lipinski definition) is 2. The van der Waals surface area contributed by atoms with Crippen molar-refractivity contribution in [2.75, 3.05) is 13.6 Å². The van der Waals surface area contributed by atoms with Gasteiger partial charge in [0.05, 0.1) is 4.34 Å². The van der Waals surface area contributed by atoms with Gasteiger partial charge in [-0.05, 0) is 31.4 Å². The van der Waals surface area contributed by atoms with E-state index < -0.39 is 0 Å². The van der Waals surface area contributed by atoms with Crippen LogP contribution in [0, 0.1) is 5.92 Å². The molecule has 19 heavy (non-hydrogen) atoms. The van der Waals surface area contributed by atoms with E-state index in [0.717, 1.165) is 23.3 Å². The molecule has 0 aromatic carbocycles. The van der Waals surface area contributed by atoms with Crippen molar-refractivity contribution in [3.8, 4) is 0 Å². The van der Waals surface area contributed by atoms with Gasteiger partial charge in [0.25, 0.3) is 0 Å². The number of nitrogens with zero attached hydrogens (tertiary/aromatic N) is 1. The molecule has 2 N–H and O–H groups in total. The smallest absolute Gasteiger partial charge is 0.191 e. The summed E-state index contributed by atoms with van der Waals surface area (Å²) in [5.41, 5.74) is 0. The SMILES string of the molecule is CN=C(NCCc1ccc(Cl)s1)NC(C)C(C)C.I. The minimum atomic E-state index is 0. The maximum atomic E-state index is 5.89. The van der Waals surface area contributed by atoms with E-state index in [4.69, 9.17) is 11.6 Å². The highest BCUT2D eigenvalue weighted by Gasteiger charge is 2.08. The summed E-state index contributed by atoms with van der Waals surface area (Å²) in [6.07, 6.45) is 0.966. The average molecular weight is 416 g/mol. The Kier molecular flexibility index (Phi) is 9.82. The van der Waals surface area contributed by atoms with Crippen molar-refractivity contribution in [2.24, 2.45) is 10.9 Å². The maximum absolute atomic E-state index is 5.89. The molecule has 1 aromatic heterocycles. The van der Waals surface area contributed by atoms with Gasteiger partial charge < -0.3 is 10.6 Å². The first kappa shape index (κ1) is 19.0. The molecule has 6 heteroatoms. The largest absolute Gasteiger partial charge is 0.356 e. The summed E-state index contributed by atoms with van der Waals surface area (Å²) in [5.74, 6) is 1.44. The lowest BCUT2D eigenvalue weighted by Gasteiger charge is -2.20. The molecule has 0 amide bonds. The van der Waals surface area contributed by atoms with Crippen molar-refractivity contribution in [1.29, 1.82) is 0 Å². The van der Waals surface area contributed by atoms with Crippen LogP contribution in [-0.2, 0) is 6.42 Å². The summed E-state index contributed by atoms with van der Waals surface area (Å²) in [5, 5.41) is 6.69. The quantitative estimate of drug-likeness (QED) is 0.436. The lowest BCUT2D eigenvalue weighted by molar-refractivity contribution is 0.481. The fourth-order valence-corrected chi connectivity index (χ4v) is 2.45. The van der Waals surface area contributed by atoms with Gasteiger partial charge >= 0.3 is 0 Å². The summed E-state index contributed by atoms with van der Waals surface area (Å²) >= 11 is 7.53. The van der Waals surface area contributed by atoms with Crippen molar-refractivity contribution < 1.29 is 0 Å². The molecule has 0 aliphatic rings. The van der Waals surface area contributed by atoms with Crippen LogP contribution in [0.1, 0.15) is 25.6 Å². The summed E-state index contributed by atoms with van der Waals surface area (Å²) in [6, 6.07) is 4.42. The van der Waals surface area contributed by atoms with Gasteiger partial charge in [-0.15, -0.1) is 35.3 Å². The predicted molar refractivity (Wildman–Crippen MR) is 97.2 cm³/mol. The van der Waals surface area contributed by atoms with Crippen LogP contribution in [0.15, 0.2) is 17.1 Å². The molecule has 3 nitrogen and oxygen atoms in total. The van der Waals surface area contributed by atoms with E-state index in [2.05, 4.69) is 42.5 Å². The van der Waals surface area contributed by atoms with E-state index in [9.17, 15) is 0 Å². The highest BCUT2D eigenvalue weighted by Crippen LogP contribution is 2.21. The number of thiophene rings is 1. The van der Waals surface area contributed by atoms with Gasteiger partial charge in [0.15, 0.2) is 5.96 Å². The predicted octanol–water partition coefficient (Wildman–Crippen LogP) is 3.77. The number of rotatable bonds is 5. The molecule has 0 saturated heterocycles. The fraction of sp³-hybridized carbons (Fsp3) is 0.615. The van der Waals surface area contributed by atoms with Crippen LogP contribution >= 0.6 is 46.9 Å². The van der Waals surface area contributed by atoms with Crippen LogP contribution in [0.2, 0.25) is 4.34 Å². The van der Waals surface area contributed by atoms with Crippen molar-refractivity contribution in [2.45, 2.75) is 33.2 Å². The van der Waals surface area contributed by atoms with E-state index in [1.807, 2.05) is 6.07 Å². The van der Waals surface area contributed by atoms with Crippen molar-refractivity contribution in [1.82, 2.24) is 10.6 Å². The van der Waals surface area contributed by atoms with Crippen LogP contribution in [0.5, 0.6) is 0 Å². The molecule has 0 spiro atoms. The molecule has 0 radical (unpaired) electrons. The van der Waals surface area contributed by atoms with Gasteiger partial charge in [-0.25, -0.2) is 0 Å². The minimum Gasteiger partial charge on any atom is -0.356 e. The second kappa shape index (κ2) is 9.83. The zero-order valence-corrected chi connectivity index (χ0v) is 15.8. The zero-order valence-electron chi connectivity index (χ0n) is 11.9. The lowest BCUT2D eigenvalue weighted by atomic mass is 10.1. The lowest BCUT2D eigenvalue weighted by Crippen LogP contribution is -2.44. The van der Waals surface area contributed by atoms with Gasteiger partial charge in [-0.1, -0.05) is 25.4 Å². The fourth-order valence-electron chi connectivity index (χ4n) is 1.37. The first-order chi connectivity index (χ1) is 8.52. The van der Waals surface area contributed by atoms with E-state index in [1.165, 1.54) is 4.88 Å². The minimum absolute atomic E-state index is 0. The van der Waals surface area contributed by atoms with Gasteiger partial charge in [0, 0.05) is 24.5 Å². The molecular weight excluding hydrogens is 393 g/mol. The number of halogens is 2. The molecular formula is C13H23ClIN3S. The Bertz CT molecular complexity index is 393. The third-order valence-corrected chi connectivity index (χ3v) is 4.17. The summed E-state index contributed by atoms with van der Waals surface area (Å²) in [4.78, 5) is 5.51. The zero-order chi connectivity index (χ0) is 13.5. The molecule has 0 aliphatic heterocycles. The maximum Gasteiger partial charge on any atom is 0.191 e. The van der Waals surface area contributed by atoms with Crippen molar-refractivity contribution in [3.63, 3.8) is 0 Å². The molecule has 110 valence electrons. The molecule has 1 atom stereocenters. The third kappa shape index (κ3) is 7.37. The molecule has 1 aromatic rings. The van der Waals surface area contributed by atoms with Gasteiger partial charge in [-0.2, -0.15) is 0 Å². The molecule has 1 rings (SSSR count). The van der Waals surface area contributed by atoms with Crippen LogP contribution in [0.4, 0.5) is 0 Å². The summed E-state index contributed by atoms with van der Waals surface area (Å²) < 4.78 is 0.848. The molecule has 0 fully saturated rings. The van der Waals surface area contributed by atoms with Gasteiger partial charge in [0.1, 0.15) is 0 Å². The number of guanidine groups is 1. The second-order valence-electron chi connectivity index (χ2n) is 4.63. The molecule has 0 bridgehead atoms. The third-order valence-electron chi connectivity index (χ3n) is 2.88. The summed E-state index contributed by atoms with van der Waals surface area (Å²) in [6.45, 7) is 7.41. The van der Waals surface area contributed by atoms with E-state index in [0.29, 0.717) is 12.0 Å². The van der Waals surface area contributed by atoms with Gasteiger partial charge in [-0.3, -0.25) is 4.99 Å². The van der Waals surface area contributed by atoms with E-state index in [1.54, 1.807) is 18.4 Å². The highest BCUT2D eigenvalue weighted by molar-refractivity contribution is 14.0. The normalized spacial score (nSPS) is 13.1. The monoisotopic (exact) mass is 415 g/mol. The number of nitrogens with one attached hydrogen (secondary N) is 2. The van der Waals surface area contributed by atoms with Crippen molar-refractivity contribution in [3.05, 3.63) is 21.3 Å². The van der Waals surface area contributed by atoms with Crippen LogP contribution in [-0.4, -0.2) is 25.6 Å². The molecule has 0 saturated carbocycles. The highest BCUT2D eigenvalue weighted by atomic mass is 127. The molecule has 1 heterocycles. The van der Waals surface area contributed by atoms with Crippen LogP contribution < -0.4 is 10.6 Å². The first-order valence-corrected chi connectivity index (χ1v) is 7.43. The Labute approximate surface area is 142 Å². The Morgan fingerprint density at radius 3 is 2.53 bits per heavy atom. The number of aliphatic imine (C=N–C) groups is 1. The van der Waals surface area contributed by atoms with Crippen LogP contribution in [0.25, 0.3) is 0 Å². The van der Waals surface area contributed by atoms with Gasteiger partial charge in [0.2, 0.25) is 0 Å². The summed E-state index contributed by atoms with van der Waals surface area (Å²) in [7, 11) is 1.80. The van der Waals surface area contributed by atoms with E-state index >= 15 is 0 Å². The molecule has 1 unspecified atom stereocenters. The van der Waals surface area contributed by atoms with Crippen molar-refractivity contribution >= 4 is 52.9 Å².